The van der Waals surface area contributed by atoms with Gasteiger partial charge in [-0.05, 0) is 61.4 Å². The molecule has 0 bridgehead atoms. The monoisotopic (exact) mass is 364 g/mol. The summed E-state index contributed by atoms with van der Waals surface area (Å²) in [6.45, 7) is 4.37. The van der Waals surface area contributed by atoms with Gasteiger partial charge in [0.05, 0.1) is 0 Å². The lowest BCUT2D eigenvalue weighted by Crippen LogP contribution is -2.37. The number of likely N-dealkylation sites (tertiary alicyclic amines) is 1. The van der Waals surface area contributed by atoms with Crippen LogP contribution >= 0.6 is 0 Å². The molecule has 2 aromatic carbocycles. The van der Waals surface area contributed by atoms with Gasteiger partial charge in [-0.2, -0.15) is 0 Å². The van der Waals surface area contributed by atoms with Crippen LogP contribution in [-0.2, 0) is 6.54 Å². The maximum atomic E-state index is 9.18. The maximum Gasteiger partial charge on any atom is 0.488 e. The SMILES string of the molecule is OB(O)c1ccc(CN2CCC(CNC3CC3c3ccccc3)CC2)cc1. The molecule has 2 unspecified atom stereocenters. The van der Waals surface area contributed by atoms with Crippen LogP contribution in [0.3, 0.4) is 0 Å². The summed E-state index contributed by atoms with van der Waals surface area (Å²) in [5, 5.41) is 22.1. The lowest BCUT2D eigenvalue weighted by atomic mass is 9.80. The number of rotatable bonds is 7. The second-order valence-electron chi connectivity index (χ2n) is 8.10. The summed E-state index contributed by atoms with van der Waals surface area (Å²) in [6.07, 6.45) is 3.79. The van der Waals surface area contributed by atoms with E-state index in [1.807, 2.05) is 12.1 Å². The minimum absolute atomic E-state index is 0.553. The highest BCUT2D eigenvalue weighted by Crippen LogP contribution is 2.40. The van der Waals surface area contributed by atoms with Gasteiger partial charge in [-0.3, -0.25) is 4.90 Å². The van der Waals surface area contributed by atoms with Crippen molar-refractivity contribution in [3.8, 4) is 0 Å². The van der Waals surface area contributed by atoms with Crippen LogP contribution in [0.1, 0.15) is 36.3 Å². The van der Waals surface area contributed by atoms with Crippen LogP contribution < -0.4 is 10.8 Å². The molecule has 27 heavy (non-hydrogen) atoms. The first-order chi connectivity index (χ1) is 13.2. The molecule has 1 aliphatic heterocycles. The Kier molecular flexibility index (Phi) is 5.93. The molecule has 0 spiro atoms. The third kappa shape index (κ3) is 4.99. The van der Waals surface area contributed by atoms with Crippen molar-refractivity contribution in [2.45, 2.75) is 37.8 Å². The zero-order chi connectivity index (χ0) is 18.6. The van der Waals surface area contributed by atoms with Crippen LogP contribution in [0, 0.1) is 5.92 Å². The molecular weight excluding hydrogens is 335 g/mol. The van der Waals surface area contributed by atoms with Crippen molar-refractivity contribution in [2.24, 2.45) is 5.92 Å². The van der Waals surface area contributed by atoms with Gasteiger partial charge < -0.3 is 15.4 Å². The molecule has 3 N–H and O–H groups in total. The van der Waals surface area contributed by atoms with Crippen molar-refractivity contribution >= 4 is 12.6 Å². The van der Waals surface area contributed by atoms with Crippen LogP contribution in [0.4, 0.5) is 0 Å². The molecule has 2 aliphatic rings. The predicted molar refractivity (Wildman–Crippen MR) is 110 cm³/mol. The molecule has 0 radical (unpaired) electrons. The highest BCUT2D eigenvalue weighted by atomic mass is 16.4. The number of hydrogen-bond donors (Lipinski definition) is 3. The van der Waals surface area contributed by atoms with Crippen molar-refractivity contribution in [3.05, 3.63) is 65.7 Å². The van der Waals surface area contributed by atoms with E-state index in [0.717, 1.165) is 32.1 Å². The smallest absolute Gasteiger partial charge is 0.423 e. The molecule has 2 atom stereocenters. The summed E-state index contributed by atoms with van der Waals surface area (Å²) in [5.74, 6) is 1.50. The van der Waals surface area contributed by atoms with Gasteiger partial charge in [0, 0.05) is 18.5 Å². The predicted octanol–water partition coefficient (Wildman–Crippen LogP) is 1.72. The Hall–Kier alpha value is -1.66. The van der Waals surface area contributed by atoms with Gasteiger partial charge in [-0.15, -0.1) is 0 Å². The summed E-state index contributed by atoms with van der Waals surface area (Å²) >= 11 is 0. The average molecular weight is 364 g/mol. The van der Waals surface area contributed by atoms with E-state index in [2.05, 4.69) is 40.5 Å². The van der Waals surface area contributed by atoms with Gasteiger partial charge in [0.15, 0.2) is 0 Å². The van der Waals surface area contributed by atoms with Gasteiger partial charge in [0.25, 0.3) is 0 Å². The molecule has 142 valence electrons. The maximum absolute atomic E-state index is 9.18. The minimum atomic E-state index is -1.38. The Balaban J connectivity index is 1.16. The number of nitrogens with one attached hydrogen (secondary N) is 1. The zero-order valence-electron chi connectivity index (χ0n) is 15.8. The molecule has 1 heterocycles. The van der Waals surface area contributed by atoms with Crippen LogP contribution in [0.2, 0.25) is 0 Å². The molecule has 0 amide bonds. The van der Waals surface area contributed by atoms with Crippen LogP contribution in [0.5, 0.6) is 0 Å². The second-order valence-corrected chi connectivity index (χ2v) is 8.10. The largest absolute Gasteiger partial charge is 0.488 e. The molecule has 4 nitrogen and oxygen atoms in total. The van der Waals surface area contributed by atoms with Gasteiger partial charge in [-0.25, -0.2) is 0 Å². The summed E-state index contributed by atoms with van der Waals surface area (Å²) in [5.41, 5.74) is 3.27. The molecule has 2 fully saturated rings. The van der Waals surface area contributed by atoms with Gasteiger partial charge in [0.2, 0.25) is 0 Å². The number of nitrogens with zero attached hydrogens (tertiary/aromatic N) is 1. The second kappa shape index (κ2) is 8.57. The Morgan fingerprint density at radius 2 is 1.67 bits per heavy atom. The quantitative estimate of drug-likeness (QED) is 0.655. The summed E-state index contributed by atoms with van der Waals surface area (Å²) in [6, 6.07) is 19.1. The normalized spacial score (nSPS) is 23.3. The van der Waals surface area contributed by atoms with E-state index in [0.29, 0.717) is 17.4 Å². The first kappa shape index (κ1) is 18.7. The highest BCUT2D eigenvalue weighted by molar-refractivity contribution is 6.58. The van der Waals surface area contributed by atoms with E-state index in [1.54, 1.807) is 12.1 Å². The number of piperidine rings is 1. The third-order valence-corrected chi connectivity index (χ3v) is 6.08. The summed E-state index contributed by atoms with van der Waals surface area (Å²) in [7, 11) is -1.38. The Morgan fingerprint density at radius 1 is 0.963 bits per heavy atom. The molecule has 2 aromatic rings. The Morgan fingerprint density at radius 3 is 2.33 bits per heavy atom. The summed E-state index contributed by atoms with van der Waals surface area (Å²) < 4.78 is 0. The van der Waals surface area contributed by atoms with Gasteiger partial charge in [0.1, 0.15) is 0 Å². The molecule has 1 saturated heterocycles. The van der Waals surface area contributed by atoms with Crippen LogP contribution in [0.15, 0.2) is 54.6 Å². The summed E-state index contributed by atoms with van der Waals surface area (Å²) in [4.78, 5) is 2.50. The van der Waals surface area contributed by atoms with E-state index in [-0.39, 0.29) is 0 Å². The fraction of sp³-hybridized carbons (Fsp3) is 0.455. The van der Waals surface area contributed by atoms with E-state index in [9.17, 15) is 10.0 Å². The molecule has 4 rings (SSSR count). The van der Waals surface area contributed by atoms with Gasteiger partial charge in [-0.1, -0.05) is 54.6 Å². The highest BCUT2D eigenvalue weighted by Gasteiger charge is 2.38. The van der Waals surface area contributed by atoms with Crippen LogP contribution in [-0.4, -0.2) is 47.7 Å². The van der Waals surface area contributed by atoms with E-state index in [4.69, 9.17) is 0 Å². The number of hydrogen-bond acceptors (Lipinski definition) is 4. The van der Waals surface area contributed by atoms with Crippen molar-refractivity contribution in [3.63, 3.8) is 0 Å². The van der Waals surface area contributed by atoms with Crippen molar-refractivity contribution in [1.82, 2.24) is 10.2 Å². The van der Waals surface area contributed by atoms with Crippen LogP contribution in [0.25, 0.3) is 0 Å². The lowest BCUT2D eigenvalue weighted by molar-refractivity contribution is 0.175. The molecule has 0 aromatic heterocycles. The lowest BCUT2D eigenvalue weighted by Gasteiger charge is -2.32. The molecule has 5 heteroatoms. The first-order valence-electron chi connectivity index (χ1n) is 10.1. The average Bonchev–Trinajstić information content (AvgIpc) is 3.48. The van der Waals surface area contributed by atoms with E-state index >= 15 is 0 Å². The third-order valence-electron chi connectivity index (χ3n) is 6.08. The van der Waals surface area contributed by atoms with Crippen molar-refractivity contribution in [2.75, 3.05) is 19.6 Å². The Bertz CT molecular complexity index is 715. The van der Waals surface area contributed by atoms with Gasteiger partial charge >= 0.3 is 7.12 Å². The van der Waals surface area contributed by atoms with Crippen molar-refractivity contribution < 1.29 is 10.0 Å². The zero-order valence-corrected chi connectivity index (χ0v) is 15.8. The van der Waals surface area contributed by atoms with Crippen molar-refractivity contribution in [1.29, 1.82) is 0 Å². The number of benzene rings is 2. The fourth-order valence-electron chi connectivity index (χ4n) is 4.21. The molecule has 1 saturated carbocycles. The fourth-order valence-corrected chi connectivity index (χ4v) is 4.21. The molecular formula is C22H29BN2O2. The standard InChI is InChI=1S/C22H29BN2O2/c26-23(27)20-8-6-18(7-9-20)16-25-12-10-17(11-13-25)15-24-22-14-21(22)19-4-2-1-3-5-19/h1-9,17,21-22,24,26-27H,10-16H2. The minimum Gasteiger partial charge on any atom is -0.423 e. The van der Waals surface area contributed by atoms with E-state index < -0.39 is 7.12 Å². The molecule has 1 aliphatic carbocycles. The van der Waals surface area contributed by atoms with E-state index in [1.165, 1.54) is 30.4 Å². The topological polar surface area (TPSA) is 55.7 Å². The first-order valence-corrected chi connectivity index (χ1v) is 10.1. The Labute approximate surface area is 162 Å².